The lowest BCUT2D eigenvalue weighted by Gasteiger charge is -2.21. The molecule has 2 amide bonds. The van der Waals surface area contributed by atoms with E-state index in [1.54, 1.807) is 28.4 Å². The molecule has 0 radical (unpaired) electrons. The smallest absolute Gasteiger partial charge is 0.410 e. The maximum Gasteiger partial charge on any atom is 0.415 e. The fraction of sp³-hybridized carbons (Fsp3) is 0.286. The minimum Gasteiger partial charge on any atom is -0.410 e. The zero-order valence-corrected chi connectivity index (χ0v) is 17.7. The number of hydrogen-bond acceptors (Lipinski definition) is 6. The third kappa shape index (κ3) is 4.49. The van der Waals surface area contributed by atoms with Crippen molar-refractivity contribution in [2.45, 2.75) is 13.3 Å². The summed E-state index contributed by atoms with van der Waals surface area (Å²) in [5.41, 5.74) is 1.80. The van der Waals surface area contributed by atoms with Gasteiger partial charge >= 0.3 is 6.09 Å². The number of amides is 2. The summed E-state index contributed by atoms with van der Waals surface area (Å²) < 4.78 is 5.43. The first kappa shape index (κ1) is 19.6. The van der Waals surface area contributed by atoms with Gasteiger partial charge < -0.3 is 14.5 Å². The Labute approximate surface area is 177 Å². The van der Waals surface area contributed by atoms with Gasteiger partial charge in [0.1, 0.15) is 15.6 Å². The highest BCUT2D eigenvalue weighted by atomic mass is 32.1. The van der Waals surface area contributed by atoms with Crippen molar-refractivity contribution in [3.8, 4) is 16.3 Å². The third-order valence-corrected chi connectivity index (χ3v) is 6.63. The minimum absolute atomic E-state index is 0.0141. The van der Waals surface area contributed by atoms with Crippen molar-refractivity contribution in [3.63, 3.8) is 0 Å². The number of carbonyl (C=O) groups is 2. The number of benzene rings is 1. The second-order valence-corrected chi connectivity index (χ2v) is 8.54. The topological polar surface area (TPSA) is 62.7 Å². The first-order chi connectivity index (χ1) is 14.1. The zero-order chi connectivity index (χ0) is 20.2. The number of aromatic nitrogens is 1. The number of thiazole rings is 1. The van der Waals surface area contributed by atoms with Crippen LogP contribution in [0.25, 0.3) is 10.6 Å². The molecule has 29 heavy (non-hydrogen) atoms. The molecule has 3 aromatic rings. The van der Waals surface area contributed by atoms with E-state index in [0.29, 0.717) is 43.2 Å². The number of thiophene rings is 1. The Hall–Kier alpha value is -2.71. The van der Waals surface area contributed by atoms with Gasteiger partial charge in [0.25, 0.3) is 5.91 Å². The summed E-state index contributed by atoms with van der Waals surface area (Å²) in [6, 6.07) is 11.0. The van der Waals surface area contributed by atoms with Crippen LogP contribution in [0.3, 0.4) is 0 Å². The van der Waals surface area contributed by atoms with Gasteiger partial charge in [-0.3, -0.25) is 4.79 Å². The van der Waals surface area contributed by atoms with Gasteiger partial charge in [-0.1, -0.05) is 18.2 Å². The molecule has 0 spiro atoms. The van der Waals surface area contributed by atoms with Crippen molar-refractivity contribution < 1.29 is 14.3 Å². The maximum absolute atomic E-state index is 13.1. The number of rotatable bonds is 3. The molecule has 1 saturated heterocycles. The van der Waals surface area contributed by atoms with E-state index in [1.807, 2.05) is 46.8 Å². The van der Waals surface area contributed by atoms with Gasteiger partial charge in [0.05, 0.1) is 5.69 Å². The van der Waals surface area contributed by atoms with Crippen LogP contribution in [0.5, 0.6) is 5.75 Å². The van der Waals surface area contributed by atoms with Crippen LogP contribution in [0.4, 0.5) is 4.79 Å². The van der Waals surface area contributed by atoms with Crippen LogP contribution >= 0.6 is 22.7 Å². The quantitative estimate of drug-likeness (QED) is 0.616. The van der Waals surface area contributed by atoms with Gasteiger partial charge in [-0.15, -0.1) is 11.3 Å². The second-order valence-electron chi connectivity index (χ2n) is 6.76. The minimum atomic E-state index is -0.376. The average molecular weight is 428 g/mol. The predicted molar refractivity (Wildman–Crippen MR) is 115 cm³/mol. The summed E-state index contributed by atoms with van der Waals surface area (Å²) in [5, 5.41) is 4.91. The number of ether oxygens (including phenoxy) is 1. The van der Waals surface area contributed by atoms with Crippen molar-refractivity contribution in [1.29, 1.82) is 0 Å². The average Bonchev–Trinajstić information content (AvgIpc) is 3.32. The van der Waals surface area contributed by atoms with E-state index >= 15 is 0 Å². The molecule has 2 aromatic heterocycles. The molecule has 0 N–H and O–H groups in total. The molecule has 1 aromatic carbocycles. The van der Waals surface area contributed by atoms with E-state index in [-0.39, 0.29) is 12.0 Å². The van der Waals surface area contributed by atoms with Gasteiger partial charge in [0, 0.05) is 37.1 Å². The largest absolute Gasteiger partial charge is 0.415 e. The predicted octanol–water partition coefficient (Wildman–Crippen LogP) is 4.53. The number of para-hydroxylation sites is 1. The monoisotopic (exact) mass is 427 g/mol. The van der Waals surface area contributed by atoms with Crippen LogP contribution in [-0.2, 0) is 0 Å². The van der Waals surface area contributed by atoms with Gasteiger partial charge in [-0.25, -0.2) is 9.78 Å². The molecule has 1 aliphatic heterocycles. The Kier molecular flexibility index (Phi) is 5.92. The fourth-order valence-corrected chi connectivity index (χ4v) is 4.95. The SMILES string of the molecule is Cc1nc(-c2ccsc2)sc1C(=O)N1CCCN(C(=O)Oc2ccccc2)CC1. The van der Waals surface area contributed by atoms with Gasteiger partial charge in [-0.05, 0) is 36.9 Å². The normalized spacial score (nSPS) is 14.5. The molecular weight excluding hydrogens is 406 g/mol. The fourth-order valence-electron chi connectivity index (χ4n) is 3.21. The molecule has 8 heteroatoms. The van der Waals surface area contributed by atoms with E-state index in [0.717, 1.165) is 16.3 Å². The highest BCUT2D eigenvalue weighted by Gasteiger charge is 2.26. The highest BCUT2D eigenvalue weighted by molar-refractivity contribution is 7.17. The molecular formula is C21H21N3O3S2. The Morgan fingerprint density at radius 2 is 1.79 bits per heavy atom. The van der Waals surface area contributed by atoms with E-state index in [2.05, 4.69) is 4.98 Å². The summed E-state index contributed by atoms with van der Waals surface area (Å²) in [6.07, 6.45) is 0.337. The van der Waals surface area contributed by atoms with Crippen LogP contribution in [0.1, 0.15) is 21.8 Å². The molecule has 150 valence electrons. The van der Waals surface area contributed by atoms with Crippen molar-refractivity contribution in [2.75, 3.05) is 26.2 Å². The molecule has 0 atom stereocenters. The lowest BCUT2D eigenvalue weighted by atomic mass is 10.3. The maximum atomic E-state index is 13.1. The zero-order valence-electron chi connectivity index (χ0n) is 16.0. The van der Waals surface area contributed by atoms with E-state index < -0.39 is 0 Å². The van der Waals surface area contributed by atoms with Crippen molar-refractivity contribution in [2.24, 2.45) is 0 Å². The Bertz CT molecular complexity index is 986. The molecule has 3 heterocycles. The second kappa shape index (κ2) is 8.75. The first-order valence-corrected chi connectivity index (χ1v) is 11.2. The lowest BCUT2D eigenvalue weighted by molar-refractivity contribution is 0.0764. The van der Waals surface area contributed by atoms with Crippen molar-refractivity contribution in [3.05, 3.63) is 57.7 Å². The molecule has 0 aliphatic carbocycles. The molecule has 0 unspecified atom stereocenters. The summed E-state index contributed by atoms with van der Waals surface area (Å²) >= 11 is 3.05. The number of nitrogens with zero attached hydrogens (tertiary/aromatic N) is 3. The van der Waals surface area contributed by atoms with Crippen LogP contribution in [0.2, 0.25) is 0 Å². The summed E-state index contributed by atoms with van der Waals surface area (Å²) in [5.74, 6) is 0.510. The van der Waals surface area contributed by atoms with E-state index in [4.69, 9.17) is 4.74 Å². The van der Waals surface area contributed by atoms with Gasteiger partial charge in [-0.2, -0.15) is 11.3 Å². The molecule has 0 bridgehead atoms. The van der Waals surface area contributed by atoms with Crippen LogP contribution in [0, 0.1) is 6.92 Å². The molecule has 4 rings (SSSR count). The third-order valence-electron chi connectivity index (χ3n) is 4.75. The highest BCUT2D eigenvalue weighted by Crippen LogP contribution is 2.30. The van der Waals surface area contributed by atoms with Crippen LogP contribution < -0.4 is 4.74 Å². The molecule has 1 aliphatic rings. The number of carbonyl (C=O) groups excluding carboxylic acids is 2. The Morgan fingerprint density at radius 1 is 1.03 bits per heavy atom. The van der Waals surface area contributed by atoms with Gasteiger partial charge in [0.2, 0.25) is 0 Å². The Balaban J connectivity index is 1.41. The van der Waals surface area contributed by atoms with E-state index in [1.165, 1.54) is 11.3 Å². The van der Waals surface area contributed by atoms with Gasteiger partial charge in [0.15, 0.2) is 0 Å². The summed E-state index contributed by atoms with van der Waals surface area (Å²) in [7, 11) is 0. The molecule has 6 nitrogen and oxygen atoms in total. The van der Waals surface area contributed by atoms with Crippen LogP contribution in [0.15, 0.2) is 47.2 Å². The Morgan fingerprint density at radius 3 is 2.55 bits per heavy atom. The van der Waals surface area contributed by atoms with E-state index in [9.17, 15) is 9.59 Å². The summed E-state index contributed by atoms with van der Waals surface area (Å²) in [6.45, 7) is 3.98. The number of aryl methyl sites for hydroxylation is 1. The van der Waals surface area contributed by atoms with Crippen molar-refractivity contribution in [1.82, 2.24) is 14.8 Å². The lowest BCUT2D eigenvalue weighted by Crippen LogP contribution is -2.38. The first-order valence-electron chi connectivity index (χ1n) is 9.43. The number of hydrogen-bond donors (Lipinski definition) is 0. The van der Waals surface area contributed by atoms with Crippen LogP contribution in [-0.4, -0.2) is 53.0 Å². The molecule has 0 saturated carbocycles. The van der Waals surface area contributed by atoms with Crippen molar-refractivity contribution >= 4 is 34.7 Å². The standard InChI is InChI=1S/C21H21N3O3S2/c1-15-18(29-19(22-15)16-8-13-28-14-16)20(25)23-9-5-10-24(12-11-23)21(26)27-17-6-3-2-4-7-17/h2-4,6-8,13-14H,5,9-12H2,1H3. The molecule has 1 fully saturated rings. The summed E-state index contributed by atoms with van der Waals surface area (Å²) in [4.78, 5) is 34.3.